The van der Waals surface area contributed by atoms with Gasteiger partial charge in [0.1, 0.15) is 18.0 Å². The van der Waals surface area contributed by atoms with Gasteiger partial charge >= 0.3 is 0 Å². The standard InChI is InChI=1S/C11H21N5O2/c1-3-9-10(13-7-14-11(9)16-12)15-8(4-5-17)6-18-2/h7-8,17H,3-6,12H2,1-2H3,(H2,13,14,15,16). The third kappa shape index (κ3) is 3.80. The molecule has 0 fully saturated rings. The predicted molar refractivity (Wildman–Crippen MR) is 70.2 cm³/mol. The van der Waals surface area contributed by atoms with Gasteiger partial charge in [-0.2, -0.15) is 0 Å². The first-order valence-electron chi connectivity index (χ1n) is 5.93. The number of methoxy groups -OCH3 is 1. The summed E-state index contributed by atoms with van der Waals surface area (Å²) in [6, 6.07) is 0.00539. The fourth-order valence-corrected chi connectivity index (χ4v) is 1.74. The second kappa shape index (κ2) is 7.80. The zero-order valence-corrected chi connectivity index (χ0v) is 10.8. The number of rotatable bonds is 8. The number of hydrogen-bond donors (Lipinski definition) is 4. The molecule has 102 valence electrons. The summed E-state index contributed by atoms with van der Waals surface area (Å²) in [5, 5.41) is 12.3. The number of nitrogens with one attached hydrogen (secondary N) is 2. The quantitative estimate of drug-likeness (QED) is 0.386. The number of hydrazine groups is 1. The largest absolute Gasteiger partial charge is 0.396 e. The Morgan fingerprint density at radius 1 is 1.44 bits per heavy atom. The van der Waals surface area contributed by atoms with Gasteiger partial charge in [-0.15, -0.1) is 0 Å². The van der Waals surface area contributed by atoms with E-state index in [0.717, 1.165) is 17.8 Å². The maximum atomic E-state index is 9.01. The highest BCUT2D eigenvalue weighted by atomic mass is 16.5. The van der Waals surface area contributed by atoms with E-state index in [0.29, 0.717) is 18.8 Å². The molecule has 0 saturated carbocycles. The minimum atomic E-state index is 0.00539. The van der Waals surface area contributed by atoms with Gasteiger partial charge in [-0.3, -0.25) is 0 Å². The molecule has 1 atom stereocenters. The van der Waals surface area contributed by atoms with Crippen molar-refractivity contribution < 1.29 is 9.84 Å². The fraction of sp³-hybridized carbons (Fsp3) is 0.636. The lowest BCUT2D eigenvalue weighted by atomic mass is 10.2. The number of aliphatic hydroxyl groups is 1. The van der Waals surface area contributed by atoms with Crippen molar-refractivity contribution >= 4 is 11.6 Å². The van der Waals surface area contributed by atoms with Crippen LogP contribution in [-0.4, -0.2) is 41.4 Å². The minimum absolute atomic E-state index is 0.00539. The van der Waals surface area contributed by atoms with E-state index in [9.17, 15) is 0 Å². The molecule has 1 rings (SSSR count). The van der Waals surface area contributed by atoms with Crippen molar-refractivity contribution in [2.45, 2.75) is 25.8 Å². The average molecular weight is 255 g/mol. The van der Waals surface area contributed by atoms with Gasteiger partial charge in [0.15, 0.2) is 0 Å². The number of aliphatic hydroxyl groups excluding tert-OH is 1. The second-order valence-corrected chi connectivity index (χ2v) is 3.86. The Morgan fingerprint density at radius 2 is 2.17 bits per heavy atom. The maximum absolute atomic E-state index is 9.01. The summed E-state index contributed by atoms with van der Waals surface area (Å²) in [4.78, 5) is 8.27. The second-order valence-electron chi connectivity index (χ2n) is 3.86. The lowest BCUT2D eigenvalue weighted by molar-refractivity contribution is 0.170. The molecule has 18 heavy (non-hydrogen) atoms. The van der Waals surface area contributed by atoms with Crippen LogP contribution in [0, 0.1) is 0 Å². The summed E-state index contributed by atoms with van der Waals surface area (Å²) >= 11 is 0. The Hall–Kier alpha value is -1.44. The van der Waals surface area contributed by atoms with Crippen molar-refractivity contribution in [3.8, 4) is 0 Å². The Labute approximate surface area is 107 Å². The summed E-state index contributed by atoms with van der Waals surface area (Å²) in [6.45, 7) is 2.59. The molecule has 0 aliphatic heterocycles. The fourth-order valence-electron chi connectivity index (χ4n) is 1.74. The molecule has 0 aromatic carbocycles. The molecule has 7 nitrogen and oxygen atoms in total. The van der Waals surface area contributed by atoms with Crippen molar-refractivity contribution in [1.29, 1.82) is 0 Å². The normalized spacial score (nSPS) is 12.2. The summed E-state index contributed by atoms with van der Waals surface area (Å²) in [7, 11) is 1.62. The lowest BCUT2D eigenvalue weighted by Gasteiger charge is -2.20. The summed E-state index contributed by atoms with van der Waals surface area (Å²) in [5.41, 5.74) is 3.47. The van der Waals surface area contributed by atoms with E-state index in [1.807, 2.05) is 6.92 Å². The highest BCUT2D eigenvalue weighted by molar-refractivity contribution is 5.57. The number of anilines is 2. The van der Waals surface area contributed by atoms with Crippen LogP contribution in [0.15, 0.2) is 6.33 Å². The first-order chi connectivity index (χ1) is 8.76. The summed E-state index contributed by atoms with van der Waals surface area (Å²) < 4.78 is 5.10. The van der Waals surface area contributed by atoms with Crippen LogP contribution in [0.25, 0.3) is 0 Å². The van der Waals surface area contributed by atoms with Crippen LogP contribution in [0.1, 0.15) is 18.9 Å². The van der Waals surface area contributed by atoms with Gasteiger partial charge in [0.05, 0.1) is 12.6 Å². The van der Waals surface area contributed by atoms with Gasteiger partial charge in [-0.25, -0.2) is 15.8 Å². The molecule has 0 aliphatic carbocycles. The van der Waals surface area contributed by atoms with Crippen LogP contribution in [-0.2, 0) is 11.2 Å². The van der Waals surface area contributed by atoms with Crippen molar-refractivity contribution in [2.75, 3.05) is 31.1 Å². The monoisotopic (exact) mass is 255 g/mol. The SMILES string of the molecule is CCc1c(NN)ncnc1NC(CCO)COC. The zero-order chi connectivity index (χ0) is 13.4. The van der Waals surface area contributed by atoms with E-state index < -0.39 is 0 Å². The van der Waals surface area contributed by atoms with Crippen LogP contribution < -0.4 is 16.6 Å². The number of hydrogen-bond acceptors (Lipinski definition) is 7. The summed E-state index contributed by atoms with van der Waals surface area (Å²) in [6.07, 6.45) is 2.79. The maximum Gasteiger partial charge on any atom is 0.148 e. The smallest absolute Gasteiger partial charge is 0.148 e. The number of ether oxygens (including phenoxy) is 1. The molecular formula is C11H21N5O2. The Bertz CT molecular complexity index is 355. The lowest BCUT2D eigenvalue weighted by Crippen LogP contribution is -2.27. The highest BCUT2D eigenvalue weighted by Gasteiger charge is 2.13. The first-order valence-corrected chi connectivity index (χ1v) is 5.93. The molecule has 1 heterocycles. The van der Waals surface area contributed by atoms with E-state index in [1.54, 1.807) is 7.11 Å². The molecule has 0 radical (unpaired) electrons. The molecule has 1 aromatic rings. The van der Waals surface area contributed by atoms with Crippen LogP contribution in [0.2, 0.25) is 0 Å². The highest BCUT2D eigenvalue weighted by Crippen LogP contribution is 2.20. The predicted octanol–water partition coefficient (Wildman–Crippen LogP) is 0.134. The van der Waals surface area contributed by atoms with Crippen LogP contribution in [0.5, 0.6) is 0 Å². The van der Waals surface area contributed by atoms with E-state index in [4.69, 9.17) is 15.7 Å². The van der Waals surface area contributed by atoms with Gasteiger partial charge in [0, 0.05) is 19.3 Å². The van der Waals surface area contributed by atoms with Gasteiger partial charge in [0.2, 0.25) is 0 Å². The van der Waals surface area contributed by atoms with Crippen molar-refractivity contribution in [2.24, 2.45) is 5.84 Å². The van der Waals surface area contributed by atoms with Crippen molar-refractivity contribution in [3.05, 3.63) is 11.9 Å². The molecule has 1 aromatic heterocycles. The van der Waals surface area contributed by atoms with Crippen LogP contribution in [0.3, 0.4) is 0 Å². The molecule has 0 bridgehead atoms. The van der Waals surface area contributed by atoms with E-state index in [2.05, 4.69) is 20.7 Å². The van der Waals surface area contributed by atoms with Gasteiger partial charge < -0.3 is 20.6 Å². The molecule has 1 unspecified atom stereocenters. The van der Waals surface area contributed by atoms with E-state index in [-0.39, 0.29) is 12.6 Å². The van der Waals surface area contributed by atoms with Crippen molar-refractivity contribution in [3.63, 3.8) is 0 Å². The number of nitrogens with zero attached hydrogens (tertiary/aromatic N) is 2. The molecule has 0 amide bonds. The minimum Gasteiger partial charge on any atom is -0.396 e. The molecule has 0 aliphatic rings. The Morgan fingerprint density at radius 3 is 2.72 bits per heavy atom. The molecule has 0 saturated heterocycles. The van der Waals surface area contributed by atoms with Crippen molar-refractivity contribution in [1.82, 2.24) is 9.97 Å². The first kappa shape index (κ1) is 14.6. The molecule has 0 spiro atoms. The Balaban J connectivity index is 2.87. The summed E-state index contributed by atoms with van der Waals surface area (Å²) in [5.74, 6) is 6.74. The molecule has 5 N–H and O–H groups in total. The van der Waals surface area contributed by atoms with E-state index >= 15 is 0 Å². The number of nitrogen functional groups attached to an aromatic ring is 1. The third-order valence-corrected chi connectivity index (χ3v) is 2.62. The Kier molecular flexibility index (Phi) is 6.34. The zero-order valence-electron chi connectivity index (χ0n) is 10.8. The van der Waals surface area contributed by atoms with Crippen LogP contribution in [0.4, 0.5) is 11.6 Å². The van der Waals surface area contributed by atoms with Gasteiger partial charge in [-0.1, -0.05) is 6.92 Å². The average Bonchev–Trinajstić information content (AvgIpc) is 2.39. The molecule has 7 heteroatoms. The topological polar surface area (TPSA) is 105 Å². The van der Waals surface area contributed by atoms with Gasteiger partial charge in [0.25, 0.3) is 0 Å². The molecular weight excluding hydrogens is 234 g/mol. The van der Waals surface area contributed by atoms with Crippen LogP contribution >= 0.6 is 0 Å². The van der Waals surface area contributed by atoms with E-state index in [1.165, 1.54) is 6.33 Å². The number of nitrogens with two attached hydrogens (primary N) is 1. The number of aromatic nitrogens is 2. The van der Waals surface area contributed by atoms with Gasteiger partial charge in [-0.05, 0) is 12.8 Å². The third-order valence-electron chi connectivity index (χ3n) is 2.62.